The summed E-state index contributed by atoms with van der Waals surface area (Å²) in [4.78, 5) is 29.4. The number of nitrogens with zero attached hydrogens (tertiary/aromatic N) is 5. The van der Waals surface area contributed by atoms with E-state index >= 15 is 0 Å². The van der Waals surface area contributed by atoms with Crippen molar-refractivity contribution in [3.8, 4) is 0 Å². The number of aromatic nitrogens is 2. The molecule has 0 aromatic carbocycles. The van der Waals surface area contributed by atoms with Gasteiger partial charge in [-0.1, -0.05) is 20.8 Å². The first-order valence-electron chi connectivity index (χ1n) is 12.1. The molecule has 3 fully saturated rings. The van der Waals surface area contributed by atoms with Gasteiger partial charge in [0.05, 0.1) is 0 Å². The van der Waals surface area contributed by atoms with Crippen molar-refractivity contribution < 1.29 is 4.79 Å². The zero-order chi connectivity index (χ0) is 21.3. The molecule has 30 heavy (non-hydrogen) atoms. The van der Waals surface area contributed by atoms with Crippen LogP contribution in [0.4, 0.5) is 5.95 Å². The molecule has 0 saturated carbocycles. The maximum atomic E-state index is 12.2. The number of hydrogen-bond acceptors (Lipinski definition) is 6. The first kappa shape index (κ1) is 21.7. The molecule has 3 unspecified atom stereocenters. The van der Waals surface area contributed by atoms with E-state index in [1.54, 1.807) is 0 Å². The van der Waals surface area contributed by atoms with Crippen molar-refractivity contribution in [2.75, 3.05) is 31.1 Å². The van der Waals surface area contributed by atoms with E-state index < -0.39 is 0 Å². The molecule has 0 radical (unpaired) electrons. The Morgan fingerprint density at radius 3 is 2.17 bits per heavy atom. The van der Waals surface area contributed by atoms with E-state index in [0.717, 1.165) is 51.5 Å². The van der Waals surface area contributed by atoms with Crippen molar-refractivity contribution in [1.82, 2.24) is 19.8 Å². The molecule has 0 spiro atoms. The Morgan fingerprint density at radius 1 is 1.03 bits per heavy atom. The van der Waals surface area contributed by atoms with Gasteiger partial charge in [0.1, 0.15) is 5.78 Å². The Balaban J connectivity index is 1.32. The highest BCUT2D eigenvalue weighted by atomic mass is 16.1. The number of likely N-dealkylation sites (tertiary alicyclic amines) is 2. The quantitative estimate of drug-likeness (QED) is 0.683. The van der Waals surface area contributed by atoms with Crippen LogP contribution in [0, 0.1) is 11.8 Å². The topological polar surface area (TPSA) is 52.6 Å². The molecule has 3 aliphatic heterocycles. The standard InChI is InChI=1S/C24H39N5O/c1-5-18(4)28-15-21-6-7-22(16-28)29(21)24-25-12-19(13-26-24)14-27-10-8-20(9-11-27)23(30)17(2)3/h12-13,17-18,20-22H,5-11,14-16H2,1-4H3. The molecule has 0 aliphatic carbocycles. The van der Waals surface area contributed by atoms with Gasteiger partial charge in [-0.05, 0) is 52.1 Å². The van der Waals surface area contributed by atoms with Crippen LogP contribution < -0.4 is 4.90 Å². The number of piperazine rings is 1. The van der Waals surface area contributed by atoms with Gasteiger partial charge in [0, 0.05) is 67.6 Å². The Hall–Kier alpha value is -1.53. The van der Waals surface area contributed by atoms with Crippen LogP contribution in [0.2, 0.25) is 0 Å². The number of piperidine rings is 1. The smallest absolute Gasteiger partial charge is 0.225 e. The van der Waals surface area contributed by atoms with Gasteiger partial charge < -0.3 is 4.90 Å². The van der Waals surface area contributed by atoms with E-state index in [9.17, 15) is 4.79 Å². The fourth-order valence-corrected chi connectivity index (χ4v) is 5.55. The van der Waals surface area contributed by atoms with Crippen molar-refractivity contribution in [3.63, 3.8) is 0 Å². The van der Waals surface area contributed by atoms with Crippen LogP contribution in [0.1, 0.15) is 65.4 Å². The average molecular weight is 414 g/mol. The van der Waals surface area contributed by atoms with E-state index in [1.165, 1.54) is 24.8 Å². The Bertz CT molecular complexity index is 699. The first-order valence-corrected chi connectivity index (χ1v) is 12.1. The van der Waals surface area contributed by atoms with Gasteiger partial charge >= 0.3 is 0 Å². The molecule has 3 atom stereocenters. The molecule has 4 rings (SSSR count). The number of anilines is 1. The number of hydrogen-bond donors (Lipinski definition) is 0. The van der Waals surface area contributed by atoms with E-state index in [0.29, 0.717) is 23.9 Å². The predicted octanol–water partition coefficient (Wildman–Crippen LogP) is 3.37. The molecular formula is C24H39N5O. The monoisotopic (exact) mass is 413 g/mol. The summed E-state index contributed by atoms with van der Waals surface area (Å²) in [5.41, 5.74) is 1.18. The largest absolute Gasteiger partial charge is 0.332 e. The summed E-state index contributed by atoms with van der Waals surface area (Å²) in [5.74, 6) is 1.76. The Labute approximate surface area is 182 Å². The van der Waals surface area contributed by atoms with Crippen LogP contribution >= 0.6 is 0 Å². The van der Waals surface area contributed by atoms with Crippen molar-refractivity contribution in [3.05, 3.63) is 18.0 Å². The van der Waals surface area contributed by atoms with Crippen LogP contribution in [0.5, 0.6) is 0 Å². The lowest BCUT2D eigenvalue weighted by atomic mass is 9.87. The van der Waals surface area contributed by atoms with Gasteiger partial charge in [-0.15, -0.1) is 0 Å². The summed E-state index contributed by atoms with van der Waals surface area (Å²) in [6.07, 6.45) is 9.74. The minimum absolute atomic E-state index is 0.157. The minimum atomic E-state index is 0.157. The van der Waals surface area contributed by atoms with Crippen LogP contribution in [0.3, 0.4) is 0 Å². The second-order valence-electron chi connectivity index (χ2n) is 10.0. The van der Waals surface area contributed by atoms with Crippen molar-refractivity contribution in [2.45, 2.75) is 84.5 Å². The van der Waals surface area contributed by atoms with Crippen molar-refractivity contribution in [2.24, 2.45) is 11.8 Å². The summed E-state index contributed by atoms with van der Waals surface area (Å²) >= 11 is 0. The van der Waals surface area contributed by atoms with Crippen molar-refractivity contribution >= 4 is 11.7 Å². The maximum Gasteiger partial charge on any atom is 0.225 e. The summed E-state index contributed by atoms with van der Waals surface area (Å²) in [6.45, 7) is 13.8. The second kappa shape index (κ2) is 9.31. The molecule has 0 N–H and O–H groups in total. The van der Waals surface area contributed by atoms with Gasteiger partial charge in [-0.3, -0.25) is 14.6 Å². The minimum Gasteiger partial charge on any atom is -0.332 e. The highest BCUT2D eigenvalue weighted by Gasteiger charge is 2.42. The predicted molar refractivity (Wildman–Crippen MR) is 120 cm³/mol. The highest BCUT2D eigenvalue weighted by Crippen LogP contribution is 2.34. The van der Waals surface area contributed by atoms with E-state index in [1.807, 2.05) is 26.2 Å². The third-order valence-electron chi connectivity index (χ3n) is 7.61. The average Bonchev–Trinajstić information content (AvgIpc) is 3.02. The van der Waals surface area contributed by atoms with Gasteiger partial charge in [0.15, 0.2) is 0 Å². The van der Waals surface area contributed by atoms with E-state index in [-0.39, 0.29) is 11.8 Å². The fraction of sp³-hybridized carbons (Fsp3) is 0.792. The summed E-state index contributed by atoms with van der Waals surface area (Å²) < 4.78 is 0. The molecule has 166 valence electrons. The third-order valence-corrected chi connectivity index (χ3v) is 7.61. The molecule has 3 saturated heterocycles. The second-order valence-corrected chi connectivity index (χ2v) is 10.0. The van der Waals surface area contributed by atoms with Crippen LogP contribution in [0.25, 0.3) is 0 Å². The lowest BCUT2D eigenvalue weighted by Gasteiger charge is -2.43. The molecule has 2 bridgehead atoms. The van der Waals surface area contributed by atoms with Gasteiger partial charge in [0.2, 0.25) is 5.95 Å². The molecule has 1 aromatic heterocycles. The Kier molecular flexibility index (Phi) is 6.73. The van der Waals surface area contributed by atoms with E-state index in [4.69, 9.17) is 9.97 Å². The Morgan fingerprint density at radius 2 is 1.63 bits per heavy atom. The molecule has 1 aromatic rings. The zero-order valence-corrected chi connectivity index (χ0v) is 19.3. The molecular weight excluding hydrogens is 374 g/mol. The SMILES string of the molecule is CCC(C)N1CC2CCC(C1)N2c1ncc(CN2CCC(C(=O)C(C)C)CC2)cn1. The molecule has 0 amide bonds. The number of ketones is 1. The summed E-state index contributed by atoms with van der Waals surface area (Å²) in [7, 11) is 0. The van der Waals surface area contributed by atoms with E-state index in [2.05, 4.69) is 28.5 Å². The third kappa shape index (κ3) is 4.54. The van der Waals surface area contributed by atoms with Crippen molar-refractivity contribution in [1.29, 1.82) is 0 Å². The zero-order valence-electron chi connectivity index (χ0n) is 19.3. The number of carbonyl (C=O) groups is 1. The summed E-state index contributed by atoms with van der Waals surface area (Å²) in [5, 5.41) is 0. The van der Waals surface area contributed by atoms with Crippen LogP contribution in [0.15, 0.2) is 12.4 Å². The van der Waals surface area contributed by atoms with Gasteiger partial charge in [0.25, 0.3) is 0 Å². The van der Waals surface area contributed by atoms with Gasteiger partial charge in [-0.25, -0.2) is 9.97 Å². The van der Waals surface area contributed by atoms with Gasteiger partial charge in [-0.2, -0.15) is 0 Å². The van der Waals surface area contributed by atoms with Crippen LogP contribution in [-0.2, 0) is 11.3 Å². The molecule has 4 heterocycles. The highest BCUT2D eigenvalue weighted by molar-refractivity contribution is 5.82. The molecule has 6 heteroatoms. The number of carbonyl (C=O) groups excluding carboxylic acids is 1. The number of fused-ring (bicyclic) bond motifs is 2. The number of rotatable bonds is 7. The fourth-order valence-electron chi connectivity index (χ4n) is 5.55. The molecule has 3 aliphatic rings. The first-order chi connectivity index (χ1) is 14.5. The lowest BCUT2D eigenvalue weighted by molar-refractivity contribution is -0.127. The van der Waals surface area contributed by atoms with Crippen LogP contribution in [-0.4, -0.2) is 69.9 Å². The lowest BCUT2D eigenvalue weighted by Crippen LogP contribution is -2.56. The normalized spacial score (nSPS) is 27.0. The summed E-state index contributed by atoms with van der Waals surface area (Å²) in [6, 6.07) is 1.78. The molecule has 6 nitrogen and oxygen atoms in total. The maximum absolute atomic E-state index is 12.2. The number of Topliss-reactive ketones (excluding diaryl/α,β-unsaturated/α-hetero) is 1.